The zero-order valence-electron chi connectivity index (χ0n) is 19.3. The van der Waals surface area contributed by atoms with Crippen LogP contribution in [0.3, 0.4) is 0 Å². The van der Waals surface area contributed by atoms with E-state index in [2.05, 4.69) is 15.4 Å². The number of carbonyl (C=O) groups is 3. The van der Waals surface area contributed by atoms with Gasteiger partial charge in [0.25, 0.3) is 11.8 Å². The fraction of sp³-hybridized carbons (Fsp3) is 0.435. The number of nitrogens with one attached hydrogen (secondary N) is 2. The van der Waals surface area contributed by atoms with Gasteiger partial charge < -0.3 is 25.0 Å². The predicted octanol–water partition coefficient (Wildman–Crippen LogP) is 3.20. The summed E-state index contributed by atoms with van der Waals surface area (Å²) in [5, 5.41) is 5.40. The lowest BCUT2D eigenvalue weighted by Crippen LogP contribution is -2.50. The number of anilines is 2. The van der Waals surface area contributed by atoms with Crippen molar-refractivity contribution >= 4 is 52.0 Å². The second-order valence-corrected chi connectivity index (χ2v) is 10.1. The van der Waals surface area contributed by atoms with Crippen molar-refractivity contribution in [3.63, 3.8) is 0 Å². The van der Waals surface area contributed by atoms with E-state index in [0.29, 0.717) is 21.5 Å². The highest BCUT2D eigenvalue weighted by Gasteiger charge is 2.35. The lowest BCUT2D eigenvalue weighted by molar-refractivity contribution is -0.125. The molecule has 13 heteroatoms. The number of thiophene rings is 1. The number of ether oxygens (including phenoxy) is 2. The van der Waals surface area contributed by atoms with Gasteiger partial charge in [-0.15, -0.1) is 11.3 Å². The second kappa shape index (κ2) is 11.5. The topological polar surface area (TPSA) is 100 Å². The van der Waals surface area contributed by atoms with Crippen molar-refractivity contribution in [1.82, 2.24) is 10.2 Å². The highest BCUT2D eigenvalue weighted by Crippen LogP contribution is 2.33. The molecule has 0 bridgehead atoms. The number of likely N-dealkylation sites (N-methyl/N-ethyl adjacent to an activating group) is 1. The van der Waals surface area contributed by atoms with E-state index in [1.807, 2.05) is 4.90 Å². The molecule has 4 rings (SSSR count). The van der Waals surface area contributed by atoms with Gasteiger partial charge in [-0.05, 0) is 44.2 Å². The van der Waals surface area contributed by atoms with Crippen molar-refractivity contribution in [3.05, 3.63) is 39.5 Å². The Bertz CT molecular complexity index is 1130. The molecule has 36 heavy (non-hydrogen) atoms. The first-order valence-electron chi connectivity index (χ1n) is 11.3. The van der Waals surface area contributed by atoms with Gasteiger partial charge in [-0.2, -0.15) is 8.78 Å². The SMILES string of the molecule is CN(C1CC1)[C@@H](CNC(=O)c1ccc(Cl)s1)C(=O)Nc1ccc(N2CCOCC2=O)cc1OC(F)F. The number of halogens is 3. The highest BCUT2D eigenvalue weighted by atomic mass is 35.5. The molecule has 0 spiro atoms. The summed E-state index contributed by atoms with van der Waals surface area (Å²) < 4.78 is 36.6. The minimum atomic E-state index is -3.14. The fourth-order valence-corrected chi connectivity index (χ4v) is 4.81. The molecular formula is C23H25ClF2N4O5S. The van der Waals surface area contributed by atoms with E-state index in [-0.39, 0.29) is 49.0 Å². The van der Waals surface area contributed by atoms with Crippen LogP contribution in [0.4, 0.5) is 20.2 Å². The highest BCUT2D eigenvalue weighted by molar-refractivity contribution is 7.18. The second-order valence-electron chi connectivity index (χ2n) is 8.37. The molecule has 2 aromatic rings. The normalized spacial score (nSPS) is 16.8. The van der Waals surface area contributed by atoms with E-state index >= 15 is 0 Å². The Labute approximate surface area is 215 Å². The molecule has 0 radical (unpaired) electrons. The number of hydrogen-bond donors (Lipinski definition) is 2. The molecule has 2 aliphatic rings. The first-order chi connectivity index (χ1) is 17.2. The number of carbonyl (C=O) groups excluding carboxylic acids is 3. The van der Waals surface area contributed by atoms with Crippen LogP contribution in [0.25, 0.3) is 0 Å². The minimum absolute atomic E-state index is 0.00140. The standard InChI is InChI=1S/C23H25ClF2N4O5S/c1-29(13-2-3-13)16(11-27-22(33)18-6-7-19(24)36-18)21(32)28-15-5-4-14(10-17(15)35-23(25)26)30-8-9-34-12-20(30)31/h4-7,10,13,16,23H,2-3,8-9,11-12H2,1H3,(H,27,33)(H,28,32)/t16-/m0/s1. The van der Waals surface area contributed by atoms with Crippen LogP contribution in [0.5, 0.6) is 5.75 Å². The summed E-state index contributed by atoms with van der Waals surface area (Å²) in [6.07, 6.45) is 1.83. The van der Waals surface area contributed by atoms with Crippen LogP contribution in [0.15, 0.2) is 30.3 Å². The lowest BCUT2D eigenvalue weighted by atomic mass is 10.2. The number of amides is 3. The van der Waals surface area contributed by atoms with Gasteiger partial charge in [-0.3, -0.25) is 19.3 Å². The Morgan fingerprint density at radius 2 is 2.08 bits per heavy atom. The summed E-state index contributed by atoms with van der Waals surface area (Å²) in [5.41, 5.74) is 0.376. The molecule has 1 aliphatic carbocycles. The smallest absolute Gasteiger partial charge is 0.387 e. The van der Waals surface area contributed by atoms with E-state index in [9.17, 15) is 23.2 Å². The van der Waals surface area contributed by atoms with Gasteiger partial charge in [0.15, 0.2) is 5.75 Å². The summed E-state index contributed by atoms with van der Waals surface area (Å²) >= 11 is 7.02. The molecule has 1 saturated heterocycles. The van der Waals surface area contributed by atoms with Crippen molar-refractivity contribution in [2.24, 2.45) is 0 Å². The molecule has 1 atom stereocenters. The largest absolute Gasteiger partial charge is 0.433 e. The summed E-state index contributed by atoms with van der Waals surface area (Å²) in [5.74, 6) is -1.45. The first-order valence-corrected chi connectivity index (χ1v) is 12.5. The number of morpholine rings is 1. The zero-order valence-corrected chi connectivity index (χ0v) is 20.9. The average Bonchev–Trinajstić information content (AvgIpc) is 3.60. The van der Waals surface area contributed by atoms with Gasteiger partial charge in [-0.25, -0.2) is 0 Å². The van der Waals surface area contributed by atoms with Crippen LogP contribution in [-0.4, -0.2) is 74.7 Å². The van der Waals surface area contributed by atoms with E-state index in [4.69, 9.17) is 16.3 Å². The van der Waals surface area contributed by atoms with Crippen LogP contribution in [0, 0.1) is 0 Å². The van der Waals surface area contributed by atoms with Gasteiger partial charge in [0.2, 0.25) is 5.91 Å². The molecule has 194 valence electrons. The number of benzene rings is 1. The molecule has 1 aliphatic heterocycles. The molecule has 1 aromatic heterocycles. The van der Waals surface area contributed by atoms with E-state index < -0.39 is 18.6 Å². The molecule has 2 heterocycles. The Morgan fingerprint density at radius 1 is 1.31 bits per heavy atom. The molecule has 2 fully saturated rings. The van der Waals surface area contributed by atoms with Gasteiger partial charge in [0, 0.05) is 30.9 Å². The maximum atomic E-state index is 13.3. The summed E-state index contributed by atoms with van der Waals surface area (Å²) in [7, 11) is 1.78. The molecular weight excluding hydrogens is 518 g/mol. The van der Waals surface area contributed by atoms with Gasteiger partial charge in [0.1, 0.15) is 12.6 Å². The molecule has 0 unspecified atom stereocenters. The monoisotopic (exact) mass is 542 g/mol. The first kappa shape index (κ1) is 26.3. The van der Waals surface area contributed by atoms with E-state index in [1.165, 1.54) is 17.0 Å². The number of alkyl halides is 2. The fourth-order valence-electron chi connectivity index (χ4n) is 3.85. The minimum Gasteiger partial charge on any atom is -0.433 e. The third-order valence-electron chi connectivity index (χ3n) is 5.91. The van der Waals surface area contributed by atoms with Crippen LogP contribution in [0.2, 0.25) is 4.34 Å². The third-order valence-corrected chi connectivity index (χ3v) is 7.14. The molecule has 9 nitrogen and oxygen atoms in total. The van der Waals surface area contributed by atoms with Crippen molar-refractivity contribution in [2.45, 2.75) is 31.5 Å². The van der Waals surface area contributed by atoms with Gasteiger partial charge in [-0.1, -0.05) is 11.6 Å². The van der Waals surface area contributed by atoms with Crippen LogP contribution in [-0.2, 0) is 14.3 Å². The number of nitrogens with zero attached hydrogens (tertiary/aromatic N) is 2. The van der Waals surface area contributed by atoms with Crippen molar-refractivity contribution in [2.75, 3.05) is 43.6 Å². The maximum absolute atomic E-state index is 13.3. The Morgan fingerprint density at radius 3 is 2.72 bits per heavy atom. The lowest BCUT2D eigenvalue weighted by Gasteiger charge is -2.29. The summed E-state index contributed by atoms with van der Waals surface area (Å²) in [6, 6.07) is 6.86. The van der Waals surface area contributed by atoms with Gasteiger partial charge >= 0.3 is 6.61 Å². The van der Waals surface area contributed by atoms with E-state index in [1.54, 1.807) is 25.2 Å². The molecule has 3 amide bonds. The Balaban J connectivity index is 1.51. The quantitative estimate of drug-likeness (QED) is 0.478. The van der Waals surface area contributed by atoms with Crippen LogP contribution < -0.4 is 20.3 Å². The van der Waals surface area contributed by atoms with Crippen molar-refractivity contribution < 1.29 is 32.6 Å². The maximum Gasteiger partial charge on any atom is 0.387 e. The summed E-state index contributed by atoms with van der Waals surface area (Å²) in [4.78, 5) is 41.6. The zero-order chi connectivity index (χ0) is 25.8. The van der Waals surface area contributed by atoms with Crippen LogP contribution in [0.1, 0.15) is 22.5 Å². The van der Waals surface area contributed by atoms with Crippen molar-refractivity contribution in [3.8, 4) is 5.75 Å². The third kappa shape index (κ3) is 6.49. The van der Waals surface area contributed by atoms with E-state index in [0.717, 1.165) is 24.2 Å². The summed E-state index contributed by atoms with van der Waals surface area (Å²) in [6.45, 7) is -2.67. The van der Waals surface area contributed by atoms with Crippen LogP contribution >= 0.6 is 22.9 Å². The molecule has 2 N–H and O–H groups in total. The Hall–Kier alpha value is -2.80. The number of hydrogen-bond acceptors (Lipinski definition) is 7. The predicted molar refractivity (Wildman–Crippen MR) is 131 cm³/mol. The number of rotatable bonds is 10. The Kier molecular flexibility index (Phi) is 8.39. The van der Waals surface area contributed by atoms with Crippen molar-refractivity contribution in [1.29, 1.82) is 0 Å². The molecule has 1 saturated carbocycles. The molecule has 1 aromatic carbocycles. The average molecular weight is 543 g/mol. The van der Waals surface area contributed by atoms with Gasteiger partial charge in [0.05, 0.1) is 21.5 Å².